The number of rotatable bonds is 13. The molecule has 3 atom stereocenters. The number of thiazole rings is 1. The van der Waals surface area contributed by atoms with Crippen molar-refractivity contribution >= 4 is 29.2 Å². The fourth-order valence-corrected chi connectivity index (χ4v) is 6.22. The number of halogens is 2. The highest BCUT2D eigenvalue weighted by Crippen LogP contribution is 2.41. The van der Waals surface area contributed by atoms with Crippen LogP contribution in [0.25, 0.3) is 11.3 Å². The molecule has 2 aromatic carbocycles. The molecule has 0 fully saturated rings. The summed E-state index contributed by atoms with van der Waals surface area (Å²) in [4.78, 5) is 35.1. The van der Waals surface area contributed by atoms with Gasteiger partial charge in [0.05, 0.1) is 28.9 Å². The van der Waals surface area contributed by atoms with Crippen LogP contribution in [-0.4, -0.2) is 57.6 Å². The summed E-state index contributed by atoms with van der Waals surface area (Å²) < 4.78 is 43.5. The largest absolute Gasteiger partial charge is 0.460 e. The summed E-state index contributed by atoms with van der Waals surface area (Å²) in [7, 11) is 3.08. The van der Waals surface area contributed by atoms with E-state index < -0.39 is 41.4 Å². The fourth-order valence-electron chi connectivity index (χ4n) is 5.25. The van der Waals surface area contributed by atoms with Crippen molar-refractivity contribution in [2.45, 2.75) is 44.7 Å². The zero-order valence-corrected chi connectivity index (χ0v) is 29.0. The number of aromatic nitrogens is 5. The Labute approximate surface area is 296 Å². The number of hydrogen-bond donors (Lipinski definition) is 2. The minimum Gasteiger partial charge on any atom is -0.460 e. The number of nitrogens with zero attached hydrogens (tertiary/aromatic N) is 7. The first-order chi connectivity index (χ1) is 24.4. The lowest BCUT2D eigenvalue weighted by Crippen LogP contribution is -2.42. The Hall–Kier alpha value is -5.63. The van der Waals surface area contributed by atoms with Gasteiger partial charge in [-0.2, -0.15) is 9.83 Å². The van der Waals surface area contributed by atoms with Crippen LogP contribution in [0.4, 0.5) is 19.4 Å². The standard InChI is InChI=1S/C35H35F2N8O5S/c1-22(33-42-30(18-51-33)25-9-7-24(15-38)8-10-25)35(48,28-14-27(36)11-12-29(28)37)19-45-21-44(20-41-45)23(2)50-34(47)43(4)32-26(6-5-13-40-32)17-49-31(46)16-39-3/h5-14,18,20-23,39,48H,16-17,19H2,1-4H3/q+1/t22-,23?,35?/m0/s1. The van der Waals surface area contributed by atoms with Gasteiger partial charge in [0, 0.05) is 53.3 Å². The highest BCUT2D eigenvalue weighted by Gasteiger charge is 2.43. The van der Waals surface area contributed by atoms with Gasteiger partial charge < -0.3 is 19.9 Å². The zero-order valence-electron chi connectivity index (χ0n) is 28.2. The lowest BCUT2D eigenvalue weighted by atomic mass is 9.82. The molecule has 51 heavy (non-hydrogen) atoms. The third-order valence-electron chi connectivity index (χ3n) is 8.18. The van der Waals surface area contributed by atoms with Crippen molar-refractivity contribution in [1.82, 2.24) is 25.1 Å². The second kappa shape index (κ2) is 15.9. The Kier molecular flexibility index (Phi) is 11.4. The number of hydrogen-bond acceptors (Lipinski definition) is 11. The fraction of sp³-hybridized carbons (Fsp3) is 0.286. The molecule has 3 aromatic heterocycles. The predicted octanol–water partition coefficient (Wildman–Crippen LogP) is 4.58. The van der Waals surface area contributed by atoms with Crippen LogP contribution in [0.3, 0.4) is 0 Å². The smallest absolute Gasteiger partial charge is 0.418 e. The maximum atomic E-state index is 15.3. The number of amides is 1. The first kappa shape index (κ1) is 36.6. The maximum Gasteiger partial charge on any atom is 0.418 e. The van der Waals surface area contributed by atoms with Crippen molar-refractivity contribution in [3.8, 4) is 17.3 Å². The van der Waals surface area contributed by atoms with E-state index >= 15 is 4.39 Å². The molecule has 2 N–H and O–H groups in total. The molecule has 13 nitrogen and oxygen atoms in total. The molecule has 3 heterocycles. The van der Waals surface area contributed by atoms with Crippen LogP contribution in [0.2, 0.25) is 0 Å². The summed E-state index contributed by atoms with van der Waals surface area (Å²) in [5.41, 5.74) is 0.000750. The van der Waals surface area contributed by atoms with Crippen LogP contribution in [0, 0.1) is 23.0 Å². The molecule has 0 aliphatic carbocycles. The van der Waals surface area contributed by atoms with Crippen molar-refractivity contribution in [2.75, 3.05) is 25.5 Å². The van der Waals surface area contributed by atoms with E-state index in [2.05, 4.69) is 21.5 Å². The molecule has 0 bridgehead atoms. The molecule has 0 aliphatic heterocycles. The Bertz CT molecular complexity index is 2050. The topological polar surface area (TPSA) is 159 Å². The number of nitriles is 1. The van der Waals surface area contributed by atoms with Crippen molar-refractivity contribution < 1.29 is 37.5 Å². The number of likely N-dealkylation sites (N-methyl/N-ethyl adjacent to an activating group) is 1. The lowest BCUT2D eigenvalue weighted by molar-refractivity contribution is -0.753. The minimum absolute atomic E-state index is 0.0229. The highest BCUT2D eigenvalue weighted by molar-refractivity contribution is 7.10. The summed E-state index contributed by atoms with van der Waals surface area (Å²) in [5.74, 6) is -2.64. The van der Waals surface area contributed by atoms with Crippen molar-refractivity contribution in [2.24, 2.45) is 0 Å². The van der Waals surface area contributed by atoms with Gasteiger partial charge in [-0.25, -0.2) is 23.5 Å². The number of pyridine rings is 1. The molecule has 0 saturated heterocycles. The van der Waals surface area contributed by atoms with Crippen molar-refractivity contribution in [3.63, 3.8) is 0 Å². The van der Waals surface area contributed by atoms with Gasteiger partial charge in [0.25, 0.3) is 6.33 Å². The maximum absolute atomic E-state index is 15.3. The van der Waals surface area contributed by atoms with E-state index in [1.54, 1.807) is 62.7 Å². The average Bonchev–Trinajstić information content (AvgIpc) is 3.82. The van der Waals surface area contributed by atoms with Gasteiger partial charge in [0.2, 0.25) is 12.6 Å². The molecule has 0 radical (unpaired) electrons. The molecule has 0 spiro atoms. The number of anilines is 1. The second-order valence-corrected chi connectivity index (χ2v) is 12.5. The molecule has 1 amide bonds. The number of ether oxygens (including phenoxy) is 2. The second-order valence-electron chi connectivity index (χ2n) is 11.6. The SMILES string of the molecule is CNCC(=O)OCc1cccnc1N(C)C(=O)OC(C)[n+]1cnn(CC(O)(c2cc(F)ccc2F)[C@@H](C)c2nc(-c3ccc(C#N)cc3)cs2)c1. The third kappa shape index (κ3) is 8.40. The summed E-state index contributed by atoms with van der Waals surface area (Å²) in [6, 6.07) is 15.1. The molecular formula is C35H35F2N8O5S+. The lowest BCUT2D eigenvalue weighted by Gasteiger charge is -2.32. The summed E-state index contributed by atoms with van der Waals surface area (Å²) in [5, 5.41) is 30.6. The van der Waals surface area contributed by atoms with Crippen LogP contribution in [0.15, 0.2) is 78.8 Å². The van der Waals surface area contributed by atoms with E-state index in [9.17, 15) is 19.1 Å². The van der Waals surface area contributed by atoms with Gasteiger partial charge in [-0.15, -0.1) is 16.0 Å². The number of benzene rings is 2. The molecule has 5 rings (SSSR count). The van der Waals surface area contributed by atoms with Crippen molar-refractivity contribution in [1.29, 1.82) is 5.26 Å². The van der Waals surface area contributed by atoms with Gasteiger partial charge in [-0.1, -0.05) is 25.1 Å². The van der Waals surface area contributed by atoms with Crippen LogP contribution in [0.5, 0.6) is 0 Å². The first-order valence-electron chi connectivity index (χ1n) is 15.7. The normalized spacial score (nSPS) is 13.5. The average molecular weight is 718 g/mol. The summed E-state index contributed by atoms with van der Waals surface area (Å²) in [6.07, 6.45) is 2.65. The van der Waals surface area contributed by atoms with Gasteiger partial charge in [0.15, 0.2) is 0 Å². The monoisotopic (exact) mass is 717 g/mol. The molecule has 264 valence electrons. The number of aliphatic hydroxyl groups is 1. The Morgan fingerprint density at radius 1 is 1.20 bits per heavy atom. The summed E-state index contributed by atoms with van der Waals surface area (Å²) >= 11 is 1.25. The number of esters is 1. The third-order valence-corrected chi connectivity index (χ3v) is 9.20. The van der Waals surface area contributed by atoms with E-state index in [-0.39, 0.29) is 31.1 Å². The van der Waals surface area contributed by atoms with E-state index in [1.165, 1.54) is 51.4 Å². The van der Waals surface area contributed by atoms with Crippen LogP contribution < -0.4 is 14.8 Å². The molecule has 0 saturated carbocycles. The predicted molar refractivity (Wildman–Crippen MR) is 181 cm³/mol. The van der Waals surface area contributed by atoms with Gasteiger partial charge in [0.1, 0.15) is 36.2 Å². The van der Waals surface area contributed by atoms with E-state index in [1.807, 2.05) is 0 Å². The Morgan fingerprint density at radius 2 is 1.96 bits per heavy atom. The van der Waals surface area contributed by atoms with E-state index in [4.69, 9.17) is 19.7 Å². The molecule has 0 aliphatic rings. The molecule has 5 aromatic rings. The van der Waals surface area contributed by atoms with Crippen LogP contribution >= 0.6 is 11.3 Å². The number of carbonyl (C=O) groups excluding carboxylic acids is 2. The first-order valence-corrected chi connectivity index (χ1v) is 16.6. The Morgan fingerprint density at radius 3 is 2.69 bits per heavy atom. The van der Waals surface area contributed by atoms with Crippen LogP contribution in [0.1, 0.15) is 47.7 Å². The van der Waals surface area contributed by atoms with Gasteiger partial charge in [-0.05, 0) is 43.4 Å². The van der Waals surface area contributed by atoms with Crippen LogP contribution in [-0.2, 0) is 33.0 Å². The number of nitrogens with one attached hydrogen (secondary N) is 1. The van der Waals surface area contributed by atoms with E-state index in [0.29, 0.717) is 21.8 Å². The molecule has 2 unspecified atom stereocenters. The van der Waals surface area contributed by atoms with Gasteiger partial charge in [-0.3, -0.25) is 9.69 Å². The summed E-state index contributed by atoms with van der Waals surface area (Å²) in [6.45, 7) is 2.85. The minimum atomic E-state index is -2.04. The quantitative estimate of drug-likeness (QED) is 0.130. The highest BCUT2D eigenvalue weighted by atomic mass is 32.1. The van der Waals surface area contributed by atoms with Crippen molar-refractivity contribution in [3.05, 3.63) is 112 Å². The number of carbonyl (C=O) groups is 2. The molecule has 16 heteroatoms. The molecular weight excluding hydrogens is 682 g/mol. The Balaban J connectivity index is 1.35. The zero-order chi connectivity index (χ0) is 36.7. The van der Waals surface area contributed by atoms with E-state index in [0.717, 1.165) is 23.8 Å². The van der Waals surface area contributed by atoms with Gasteiger partial charge >= 0.3 is 12.1 Å².